The van der Waals surface area contributed by atoms with Gasteiger partial charge in [-0.2, -0.15) is 0 Å². The van der Waals surface area contributed by atoms with Gasteiger partial charge in [-0.05, 0) is 18.1 Å². The van der Waals surface area contributed by atoms with E-state index in [4.69, 9.17) is 4.74 Å². The summed E-state index contributed by atoms with van der Waals surface area (Å²) >= 11 is 0. The van der Waals surface area contributed by atoms with Crippen LogP contribution in [0.5, 0.6) is 0 Å². The lowest BCUT2D eigenvalue weighted by molar-refractivity contribution is 0.0967. The fourth-order valence-corrected chi connectivity index (χ4v) is 1.85. The maximum atomic E-state index is 10.9. The highest BCUT2D eigenvalue weighted by atomic mass is 32.2. The van der Waals surface area contributed by atoms with Crippen molar-refractivity contribution in [1.29, 1.82) is 0 Å². The number of pyridine rings is 1. The summed E-state index contributed by atoms with van der Waals surface area (Å²) < 4.78 is 29.5. The second kappa shape index (κ2) is 5.93. The lowest BCUT2D eigenvalue weighted by Crippen LogP contribution is -2.24. The topological polar surface area (TPSA) is 68.3 Å². The van der Waals surface area contributed by atoms with Crippen LogP contribution < -0.4 is 4.72 Å². The molecule has 0 aliphatic rings. The van der Waals surface area contributed by atoms with Gasteiger partial charge in [-0.3, -0.25) is 4.98 Å². The molecule has 1 aromatic heterocycles. The van der Waals surface area contributed by atoms with Crippen molar-refractivity contribution in [2.24, 2.45) is 0 Å². The van der Waals surface area contributed by atoms with E-state index in [2.05, 4.69) is 9.71 Å². The monoisotopic (exact) mass is 244 g/mol. The summed E-state index contributed by atoms with van der Waals surface area (Å²) in [5.41, 5.74) is 0.945. The van der Waals surface area contributed by atoms with Gasteiger partial charge in [0.1, 0.15) is 0 Å². The van der Waals surface area contributed by atoms with Gasteiger partial charge < -0.3 is 4.74 Å². The third-order valence-corrected chi connectivity index (χ3v) is 2.84. The molecular weight excluding hydrogens is 228 g/mol. The molecule has 1 heterocycles. The third kappa shape index (κ3) is 4.69. The predicted octanol–water partition coefficient (Wildman–Crippen LogP) is 0.708. The molecule has 0 aliphatic carbocycles. The Kier molecular flexibility index (Phi) is 4.85. The van der Waals surface area contributed by atoms with Crippen LogP contribution in [0, 0.1) is 0 Å². The number of rotatable bonds is 6. The van der Waals surface area contributed by atoms with Crippen molar-refractivity contribution in [3.8, 4) is 0 Å². The van der Waals surface area contributed by atoms with Gasteiger partial charge in [0.15, 0.2) is 0 Å². The molecule has 1 N–H and O–H groups in total. The van der Waals surface area contributed by atoms with E-state index in [0.29, 0.717) is 13.0 Å². The molecule has 1 rings (SSSR count). The molecule has 0 fully saturated rings. The van der Waals surface area contributed by atoms with Crippen molar-refractivity contribution >= 4 is 10.0 Å². The number of sulfonamides is 1. The van der Waals surface area contributed by atoms with Crippen LogP contribution in [0.2, 0.25) is 0 Å². The van der Waals surface area contributed by atoms with Crippen LogP contribution in [0.15, 0.2) is 24.5 Å². The van der Waals surface area contributed by atoms with Crippen LogP contribution in [0.3, 0.4) is 0 Å². The minimum absolute atomic E-state index is 0.136. The van der Waals surface area contributed by atoms with Crippen molar-refractivity contribution in [3.05, 3.63) is 30.1 Å². The fourth-order valence-electron chi connectivity index (χ4n) is 1.36. The molecule has 16 heavy (non-hydrogen) atoms. The molecule has 0 saturated carbocycles. The Balaban J connectivity index is 2.51. The first-order chi connectivity index (χ1) is 7.53. The number of hydrogen-bond donors (Lipinski definition) is 1. The van der Waals surface area contributed by atoms with Crippen molar-refractivity contribution in [1.82, 2.24) is 9.71 Å². The van der Waals surface area contributed by atoms with Crippen molar-refractivity contribution < 1.29 is 13.2 Å². The molecule has 1 atom stereocenters. The molecule has 0 saturated heterocycles. The molecule has 0 radical (unpaired) electrons. The number of hydrogen-bond acceptors (Lipinski definition) is 4. The van der Waals surface area contributed by atoms with Crippen molar-refractivity contribution in [2.75, 3.05) is 19.9 Å². The Morgan fingerprint density at radius 1 is 1.56 bits per heavy atom. The van der Waals surface area contributed by atoms with Gasteiger partial charge in [0.25, 0.3) is 0 Å². The molecule has 0 amide bonds. The Bertz CT molecular complexity index is 405. The number of aromatic nitrogens is 1. The summed E-state index contributed by atoms with van der Waals surface area (Å²) in [5.74, 6) is 0. The van der Waals surface area contributed by atoms with E-state index in [9.17, 15) is 8.42 Å². The Morgan fingerprint density at radius 3 is 2.81 bits per heavy atom. The second-order valence-corrected chi connectivity index (χ2v) is 5.30. The van der Waals surface area contributed by atoms with Gasteiger partial charge in [-0.15, -0.1) is 0 Å². The van der Waals surface area contributed by atoms with E-state index in [-0.39, 0.29) is 6.10 Å². The molecule has 0 aliphatic heterocycles. The zero-order chi connectivity index (χ0) is 12.0. The zero-order valence-corrected chi connectivity index (χ0v) is 10.2. The zero-order valence-electron chi connectivity index (χ0n) is 9.38. The third-order valence-electron chi connectivity index (χ3n) is 2.11. The van der Waals surface area contributed by atoms with Gasteiger partial charge >= 0.3 is 0 Å². The van der Waals surface area contributed by atoms with Crippen LogP contribution in [0.25, 0.3) is 0 Å². The largest absolute Gasteiger partial charge is 0.377 e. The van der Waals surface area contributed by atoms with E-state index in [0.717, 1.165) is 11.8 Å². The summed E-state index contributed by atoms with van der Waals surface area (Å²) in [5, 5.41) is 0. The van der Waals surface area contributed by atoms with Gasteiger partial charge in [0, 0.05) is 26.0 Å². The number of nitrogens with zero attached hydrogens (tertiary/aromatic N) is 1. The molecule has 5 nitrogen and oxygen atoms in total. The molecule has 0 spiro atoms. The van der Waals surface area contributed by atoms with Crippen molar-refractivity contribution in [2.45, 2.75) is 12.5 Å². The minimum Gasteiger partial charge on any atom is -0.377 e. The summed E-state index contributed by atoms with van der Waals surface area (Å²) in [6, 6.07) is 3.73. The average Bonchev–Trinajstić information content (AvgIpc) is 2.24. The molecule has 1 unspecified atom stereocenters. The lowest BCUT2D eigenvalue weighted by Gasteiger charge is -2.15. The van der Waals surface area contributed by atoms with Crippen molar-refractivity contribution in [3.63, 3.8) is 0 Å². The van der Waals surface area contributed by atoms with E-state index >= 15 is 0 Å². The molecule has 6 heteroatoms. The Hall–Kier alpha value is -0.980. The minimum atomic E-state index is -3.13. The molecular formula is C10H16N2O3S. The summed E-state index contributed by atoms with van der Waals surface area (Å²) in [7, 11) is -1.54. The fraction of sp³-hybridized carbons (Fsp3) is 0.500. The molecule has 0 bridgehead atoms. The number of nitrogens with one attached hydrogen (secondary N) is 1. The van der Waals surface area contributed by atoms with E-state index in [1.807, 2.05) is 12.1 Å². The summed E-state index contributed by atoms with van der Waals surface area (Å²) in [4.78, 5) is 3.99. The van der Waals surface area contributed by atoms with Crippen LogP contribution in [-0.4, -0.2) is 33.3 Å². The first-order valence-electron chi connectivity index (χ1n) is 4.90. The Labute approximate surface area is 95.9 Å². The summed E-state index contributed by atoms with van der Waals surface area (Å²) in [6.07, 6.45) is 4.98. The standard InChI is InChI=1S/C10H16N2O3S/c1-15-10(5-7-12-16(2,13)14)9-4-3-6-11-8-9/h3-4,6,8,10,12H,5,7H2,1-2H3. The first-order valence-corrected chi connectivity index (χ1v) is 6.79. The van der Waals surface area contributed by atoms with E-state index in [1.165, 1.54) is 0 Å². The SMILES string of the molecule is COC(CCNS(C)(=O)=O)c1cccnc1. The highest BCUT2D eigenvalue weighted by Gasteiger charge is 2.11. The first kappa shape index (κ1) is 13.1. The second-order valence-electron chi connectivity index (χ2n) is 3.47. The maximum Gasteiger partial charge on any atom is 0.208 e. The molecule has 1 aromatic rings. The molecule has 0 aromatic carbocycles. The predicted molar refractivity (Wildman–Crippen MR) is 61.5 cm³/mol. The van der Waals surface area contributed by atoms with Crippen LogP contribution in [-0.2, 0) is 14.8 Å². The van der Waals surface area contributed by atoms with Gasteiger partial charge in [0.05, 0.1) is 12.4 Å². The van der Waals surface area contributed by atoms with Crippen LogP contribution in [0.1, 0.15) is 18.1 Å². The quantitative estimate of drug-likeness (QED) is 0.800. The Morgan fingerprint density at radius 2 is 2.31 bits per heavy atom. The van der Waals surface area contributed by atoms with Crippen LogP contribution >= 0.6 is 0 Å². The maximum absolute atomic E-state index is 10.9. The van der Waals surface area contributed by atoms with Gasteiger partial charge in [-0.1, -0.05) is 6.07 Å². The average molecular weight is 244 g/mol. The lowest BCUT2D eigenvalue weighted by atomic mass is 10.1. The number of ether oxygens (including phenoxy) is 1. The highest BCUT2D eigenvalue weighted by molar-refractivity contribution is 7.88. The van der Waals surface area contributed by atoms with E-state index < -0.39 is 10.0 Å². The molecule has 90 valence electrons. The van der Waals surface area contributed by atoms with E-state index in [1.54, 1.807) is 19.5 Å². The smallest absolute Gasteiger partial charge is 0.208 e. The highest BCUT2D eigenvalue weighted by Crippen LogP contribution is 2.18. The van der Waals surface area contributed by atoms with Gasteiger partial charge in [0.2, 0.25) is 10.0 Å². The van der Waals surface area contributed by atoms with Crippen LogP contribution in [0.4, 0.5) is 0 Å². The van der Waals surface area contributed by atoms with Gasteiger partial charge in [-0.25, -0.2) is 13.1 Å². The number of methoxy groups -OCH3 is 1. The normalized spacial score (nSPS) is 13.6. The summed E-state index contributed by atoms with van der Waals surface area (Å²) in [6.45, 7) is 0.353.